The summed E-state index contributed by atoms with van der Waals surface area (Å²) in [6.07, 6.45) is 4.70. The maximum Gasteiger partial charge on any atom is 0.316 e. The van der Waals surface area contributed by atoms with E-state index in [-0.39, 0.29) is 11.8 Å². The summed E-state index contributed by atoms with van der Waals surface area (Å²) in [7, 11) is 0. The van der Waals surface area contributed by atoms with Crippen molar-refractivity contribution in [3.8, 4) is 11.5 Å². The highest BCUT2D eigenvalue weighted by Crippen LogP contribution is 2.21. The zero-order valence-corrected chi connectivity index (χ0v) is 12.8. The molecule has 1 aliphatic heterocycles. The molecule has 110 valence electrons. The summed E-state index contributed by atoms with van der Waals surface area (Å²) < 4.78 is 5.10. The van der Waals surface area contributed by atoms with E-state index in [1.54, 1.807) is 22.9 Å². The Labute approximate surface area is 126 Å². The van der Waals surface area contributed by atoms with Crippen LogP contribution in [-0.4, -0.2) is 45.3 Å². The monoisotopic (exact) mass is 304 g/mol. The first kappa shape index (κ1) is 14.1. The number of thioether (sulfide) groups is 1. The fourth-order valence-corrected chi connectivity index (χ4v) is 2.76. The van der Waals surface area contributed by atoms with Crippen molar-refractivity contribution in [2.24, 2.45) is 5.92 Å². The van der Waals surface area contributed by atoms with Gasteiger partial charge in [0.15, 0.2) is 0 Å². The van der Waals surface area contributed by atoms with Gasteiger partial charge < -0.3 is 9.42 Å². The molecule has 0 saturated carbocycles. The third-order valence-corrected chi connectivity index (χ3v) is 4.24. The van der Waals surface area contributed by atoms with Gasteiger partial charge in [0.1, 0.15) is 5.69 Å². The number of hydrogen-bond acceptors (Lipinski definition) is 6. The van der Waals surface area contributed by atoms with E-state index in [2.05, 4.69) is 22.0 Å². The number of carbonyl (C=O) groups is 1. The molecule has 7 heteroatoms. The van der Waals surface area contributed by atoms with Gasteiger partial charge in [-0.05, 0) is 30.7 Å². The molecule has 0 aliphatic carbocycles. The molecule has 0 spiro atoms. The molecule has 1 fully saturated rings. The average molecular weight is 304 g/mol. The van der Waals surface area contributed by atoms with E-state index in [0.29, 0.717) is 17.4 Å². The lowest BCUT2D eigenvalue weighted by atomic mass is 10.2. The Hall–Kier alpha value is -1.89. The third kappa shape index (κ3) is 2.92. The lowest BCUT2D eigenvalue weighted by Crippen LogP contribution is -2.28. The number of pyridine rings is 1. The van der Waals surface area contributed by atoms with Gasteiger partial charge in [0, 0.05) is 24.2 Å². The SMILES string of the molecule is CSc1ccnc(-c2noc(C(=O)N3CCC(C)C3)n2)c1. The predicted octanol–water partition coefficient (Wildman–Crippen LogP) is 2.34. The van der Waals surface area contributed by atoms with Gasteiger partial charge in [-0.2, -0.15) is 4.98 Å². The van der Waals surface area contributed by atoms with Crippen LogP contribution in [0.15, 0.2) is 27.7 Å². The second-order valence-electron chi connectivity index (χ2n) is 5.15. The molecule has 0 aromatic carbocycles. The number of hydrogen-bond donors (Lipinski definition) is 0. The minimum atomic E-state index is -0.195. The lowest BCUT2D eigenvalue weighted by Gasteiger charge is -2.12. The first-order valence-electron chi connectivity index (χ1n) is 6.81. The van der Waals surface area contributed by atoms with Crippen LogP contribution in [0.4, 0.5) is 0 Å². The van der Waals surface area contributed by atoms with E-state index in [1.807, 2.05) is 18.4 Å². The normalized spacial score (nSPS) is 18.2. The maximum absolute atomic E-state index is 12.3. The molecule has 0 radical (unpaired) electrons. The molecular formula is C14H16N4O2S. The van der Waals surface area contributed by atoms with Crippen molar-refractivity contribution in [3.05, 3.63) is 24.2 Å². The molecule has 1 aliphatic rings. The Morgan fingerprint density at radius 3 is 3.10 bits per heavy atom. The van der Waals surface area contributed by atoms with Crippen LogP contribution >= 0.6 is 11.8 Å². The first-order chi connectivity index (χ1) is 10.2. The lowest BCUT2D eigenvalue weighted by molar-refractivity contribution is 0.0738. The van der Waals surface area contributed by atoms with Crippen LogP contribution in [0.1, 0.15) is 24.0 Å². The number of carbonyl (C=O) groups excluding carboxylic acids is 1. The van der Waals surface area contributed by atoms with E-state index < -0.39 is 0 Å². The fraction of sp³-hybridized carbons (Fsp3) is 0.429. The van der Waals surface area contributed by atoms with Crippen LogP contribution in [0.25, 0.3) is 11.5 Å². The summed E-state index contributed by atoms with van der Waals surface area (Å²) in [6.45, 7) is 3.62. The van der Waals surface area contributed by atoms with Gasteiger partial charge in [0.05, 0.1) is 0 Å². The molecule has 6 nitrogen and oxygen atoms in total. The molecule has 1 unspecified atom stereocenters. The molecule has 1 atom stereocenters. The van der Waals surface area contributed by atoms with Crippen LogP contribution in [-0.2, 0) is 0 Å². The summed E-state index contributed by atoms with van der Waals surface area (Å²) in [4.78, 5) is 23.5. The van der Waals surface area contributed by atoms with E-state index in [0.717, 1.165) is 24.4 Å². The first-order valence-corrected chi connectivity index (χ1v) is 8.03. The Bertz CT molecular complexity index is 658. The molecule has 1 amide bonds. The standard InChI is InChI=1S/C14H16N4O2S/c1-9-4-6-18(8-9)14(19)13-16-12(17-20-13)11-7-10(21-2)3-5-15-11/h3,5,7,9H,4,6,8H2,1-2H3. The van der Waals surface area contributed by atoms with Gasteiger partial charge in [-0.15, -0.1) is 11.8 Å². The summed E-state index contributed by atoms with van der Waals surface area (Å²) in [5.41, 5.74) is 0.611. The minimum Gasteiger partial charge on any atom is -0.334 e. The van der Waals surface area contributed by atoms with E-state index in [1.165, 1.54) is 0 Å². The van der Waals surface area contributed by atoms with E-state index in [4.69, 9.17) is 4.52 Å². The molecule has 0 bridgehead atoms. The number of amides is 1. The molecule has 2 aromatic heterocycles. The molecular weight excluding hydrogens is 288 g/mol. The summed E-state index contributed by atoms with van der Waals surface area (Å²) in [5, 5.41) is 3.87. The van der Waals surface area contributed by atoms with Crippen LogP contribution in [0.5, 0.6) is 0 Å². The van der Waals surface area contributed by atoms with Crippen molar-refractivity contribution >= 4 is 17.7 Å². The second-order valence-corrected chi connectivity index (χ2v) is 6.03. The topological polar surface area (TPSA) is 72.1 Å². The zero-order chi connectivity index (χ0) is 14.8. The van der Waals surface area contributed by atoms with Crippen molar-refractivity contribution in [3.63, 3.8) is 0 Å². The van der Waals surface area contributed by atoms with Gasteiger partial charge >= 0.3 is 11.8 Å². The highest BCUT2D eigenvalue weighted by Gasteiger charge is 2.28. The van der Waals surface area contributed by atoms with Gasteiger partial charge in [0.2, 0.25) is 5.82 Å². The predicted molar refractivity (Wildman–Crippen MR) is 79.0 cm³/mol. The summed E-state index contributed by atoms with van der Waals surface area (Å²) in [5.74, 6) is 0.715. The van der Waals surface area contributed by atoms with Crippen molar-refractivity contribution in [1.82, 2.24) is 20.0 Å². The largest absolute Gasteiger partial charge is 0.334 e. The Balaban J connectivity index is 1.81. The maximum atomic E-state index is 12.3. The second kappa shape index (κ2) is 5.85. The molecule has 21 heavy (non-hydrogen) atoms. The summed E-state index contributed by atoms with van der Waals surface area (Å²) >= 11 is 1.61. The van der Waals surface area contributed by atoms with Gasteiger partial charge in [0.25, 0.3) is 0 Å². The number of nitrogens with zero attached hydrogens (tertiary/aromatic N) is 4. The molecule has 0 N–H and O–H groups in total. The molecule has 3 heterocycles. The quantitative estimate of drug-likeness (QED) is 0.810. The van der Waals surface area contributed by atoms with Crippen LogP contribution in [0.3, 0.4) is 0 Å². The zero-order valence-electron chi connectivity index (χ0n) is 11.9. The van der Waals surface area contributed by atoms with Crippen LogP contribution < -0.4 is 0 Å². The Kier molecular flexibility index (Phi) is 3.92. The fourth-order valence-electron chi connectivity index (χ4n) is 2.33. The van der Waals surface area contributed by atoms with Crippen LogP contribution in [0, 0.1) is 5.92 Å². The molecule has 1 saturated heterocycles. The Morgan fingerprint density at radius 2 is 2.38 bits per heavy atom. The minimum absolute atomic E-state index is 0.0375. The highest BCUT2D eigenvalue weighted by molar-refractivity contribution is 7.98. The van der Waals surface area contributed by atoms with E-state index >= 15 is 0 Å². The number of aromatic nitrogens is 3. The van der Waals surface area contributed by atoms with Gasteiger partial charge in [-0.3, -0.25) is 9.78 Å². The molecule has 2 aromatic rings. The van der Waals surface area contributed by atoms with E-state index in [9.17, 15) is 4.79 Å². The van der Waals surface area contributed by atoms with Gasteiger partial charge in [-0.1, -0.05) is 12.1 Å². The van der Waals surface area contributed by atoms with Crippen LogP contribution in [0.2, 0.25) is 0 Å². The summed E-state index contributed by atoms with van der Waals surface area (Å²) in [6, 6.07) is 3.79. The number of likely N-dealkylation sites (tertiary alicyclic amines) is 1. The Morgan fingerprint density at radius 1 is 1.52 bits per heavy atom. The average Bonchev–Trinajstić information content (AvgIpc) is 3.15. The van der Waals surface area contributed by atoms with Crippen molar-refractivity contribution in [2.75, 3.05) is 19.3 Å². The van der Waals surface area contributed by atoms with Gasteiger partial charge in [-0.25, -0.2) is 0 Å². The van der Waals surface area contributed by atoms with Crippen molar-refractivity contribution in [1.29, 1.82) is 0 Å². The highest BCUT2D eigenvalue weighted by atomic mass is 32.2. The number of rotatable bonds is 3. The third-order valence-electron chi connectivity index (χ3n) is 3.52. The van der Waals surface area contributed by atoms with Crippen molar-refractivity contribution < 1.29 is 9.32 Å². The smallest absolute Gasteiger partial charge is 0.316 e. The van der Waals surface area contributed by atoms with Crippen molar-refractivity contribution in [2.45, 2.75) is 18.2 Å². The molecule has 3 rings (SSSR count).